The van der Waals surface area contributed by atoms with Gasteiger partial charge in [0.2, 0.25) is 19.2 Å². The number of carbonyl (C=O) groups is 1. The zero-order valence-electron chi connectivity index (χ0n) is 31.0. The Labute approximate surface area is 292 Å². The fourth-order valence-corrected chi connectivity index (χ4v) is 9.29. The van der Waals surface area contributed by atoms with Crippen LogP contribution in [-0.2, 0) is 13.9 Å². The van der Waals surface area contributed by atoms with Crippen LogP contribution in [0.15, 0.2) is 6.07 Å². The van der Waals surface area contributed by atoms with Crippen LogP contribution in [0.2, 0.25) is 0 Å². The van der Waals surface area contributed by atoms with Crippen LogP contribution < -0.4 is 21.3 Å². The Morgan fingerprint density at radius 2 is 1.60 bits per heavy atom. The fourth-order valence-electron chi connectivity index (χ4n) is 7.99. The molecule has 4 rings (SSSR count). The van der Waals surface area contributed by atoms with Crippen molar-refractivity contribution in [2.24, 2.45) is 17.8 Å². The third kappa shape index (κ3) is 13.4. The predicted molar refractivity (Wildman–Crippen MR) is 200 cm³/mol. The van der Waals surface area contributed by atoms with Crippen molar-refractivity contribution in [2.45, 2.75) is 136 Å². The second kappa shape index (κ2) is 18.9. The number of carbonyl (C=O) groups excluding carboxylic acids is 1. The maximum Gasteiger partial charge on any atom is 0.239 e. The standard InChI is InChI=1S/C37H68N7O3P/c1-6-47-48(5,46)25-24-43-22-23-44(28-32(43)35(45)42-37(2,3)4)34-26-33(38)40-36(41-34)39-27-31-20-18-30(19-21-31)17-11-8-7-10-14-29-15-12-9-13-16-29/h26,29-32H,6-25,27-28H2,1-5H3,(H,42,45)(H3,38,39,40,41)/t30?,31?,32-,48?/m0/s1. The number of aromatic nitrogens is 2. The summed E-state index contributed by atoms with van der Waals surface area (Å²) < 4.78 is 18.3. The molecule has 2 heterocycles. The molecule has 2 atom stereocenters. The van der Waals surface area contributed by atoms with Gasteiger partial charge < -0.3 is 25.8 Å². The van der Waals surface area contributed by atoms with Gasteiger partial charge in [0.1, 0.15) is 17.7 Å². The van der Waals surface area contributed by atoms with Gasteiger partial charge in [-0.25, -0.2) is 0 Å². The lowest BCUT2D eigenvalue weighted by Crippen LogP contribution is -2.61. The highest BCUT2D eigenvalue weighted by atomic mass is 31.2. The van der Waals surface area contributed by atoms with E-state index < -0.39 is 13.4 Å². The van der Waals surface area contributed by atoms with Crippen molar-refractivity contribution in [1.82, 2.24) is 20.2 Å². The first kappa shape index (κ1) is 38.9. The Morgan fingerprint density at radius 3 is 2.25 bits per heavy atom. The zero-order chi connectivity index (χ0) is 34.6. The van der Waals surface area contributed by atoms with Crippen molar-refractivity contribution in [2.75, 3.05) is 68.1 Å². The van der Waals surface area contributed by atoms with Gasteiger partial charge >= 0.3 is 0 Å². The molecule has 4 N–H and O–H groups in total. The van der Waals surface area contributed by atoms with E-state index in [4.69, 9.17) is 15.2 Å². The topological polar surface area (TPSA) is 126 Å². The van der Waals surface area contributed by atoms with E-state index in [1.807, 2.05) is 27.7 Å². The highest BCUT2D eigenvalue weighted by Crippen LogP contribution is 2.42. The van der Waals surface area contributed by atoms with Crippen LogP contribution in [0, 0.1) is 17.8 Å². The molecule has 3 aliphatic rings. The molecule has 2 aliphatic carbocycles. The van der Waals surface area contributed by atoms with Crippen LogP contribution in [0.25, 0.3) is 0 Å². The average molecular weight is 690 g/mol. The number of hydrogen-bond acceptors (Lipinski definition) is 9. The largest absolute Gasteiger partial charge is 0.383 e. The van der Waals surface area contributed by atoms with Crippen molar-refractivity contribution in [1.29, 1.82) is 0 Å². The number of unbranched alkanes of at least 4 members (excludes halogenated alkanes) is 3. The molecule has 0 aromatic carbocycles. The Kier molecular flexibility index (Phi) is 15.3. The molecule has 2 saturated carbocycles. The minimum Gasteiger partial charge on any atom is -0.383 e. The molecule has 0 bridgehead atoms. The number of hydrogen-bond donors (Lipinski definition) is 3. The molecular weight excluding hydrogens is 621 g/mol. The van der Waals surface area contributed by atoms with Crippen LogP contribution in [0.3, 0.4) is 0 Å². The fraction of sp³-hybridized carbons (Fsp3) is 0.865. The van der Waals surface area contributed by atoms with Gasteiger partial charge in [0.05, 0.1) is 6.61 Å². The summed E-state index contributed by atoms with van der Waals surface area (Å²) in [7, 11) is -2.71. The van der Waals surface area contributed by atoms with Crippen LogP contribution in [-0.4, -0.2) is 84.5 Å². The van der Waals surface area contributed by atoms with E-state index in [1.54, 1.807) is 12.7 Å². The van der Waals surface area contributed by atoms with Gasteiger partial charge in [0, 0.05) is 57.2 Å². The summed E-state index contributed by atoms with van der Waals surface area (Å²) >= 11 is 0. The molecule has 1 aliphatic heterocycles. The van der Waals surface area contributed by atoms with Gasteiger partial charge in [-0.1, -0.05) is 83.5 Å². The Bertz CT molecular complexity index is 1160. The lowest BCUT2D eigenvalue weighted by molar-refractivity contribution is -0.128. The van der Waals surface area contributed by atoms with Crippen LogP contribution in [0.1, 0.15) is 124 Å². The molecule has 1 aromatic heterocycles. The maximum atomic E-state index is 13.5. The lowest BCUT2D eigenvalue weighted by atomic mass is 9.79. The van der Waals surface area contributed by atoms with Crippen molar-refractivity contribution in [3.8, 4) is 0 Å². The second-order valence-electron chi connectivity index (χ2n) is 16.1. The third-order valence-electron chi connectivity index (χ3n) is 10.8. The summed E-state index contributed by atoms with van der Waals surface area (Å²) in [6.45, 7) is 13.1. The summed E-state index contributed by atoms with van der Waals surface area (Å²) in [4.78, 5) is 27.1. The average Bonchev–Trinajstić information content (AvgIpc) is 3.04. The second-order valence-corrected chi connectivity index (χ2v) is 18.9. The summed E-state index contributed by atoms with van der Waals surface area (Å²) in [6, 6.07) is 1.39. The van der Waals surface area contributed by atoms with Gasteiger partial charge in [-0.15, -0.1) is 0 Å². The first-order valence-corrected chi connectivity index (χ1v) is 21.6. The molecule has 0 spiro atoms. The summed E-state index contributed by atoms with van der Waals surface area (Å²) in [5.41, 5.74) is 5.92. The number of nitrogens with two attached hydrogens (primary N) is 1. The van der Waals surface area contributed by atoms with Gasteiger partial charge in [0.25, 0.3) is 0 Å². The van der Waals surface area contributed by atoms with Gasteiger partial charge in [-0.05, 0) is 58.3 Å². The van der Waals surface area contributed by atoms with Crippen LogP contribution >= 0.6 is 7.37 Å². The molecule has 11 heteroatoms. The first-order valence-electron chi connectivity index (χ1n) is 19.3. The number of rotatable bonds is 17. The van der Waals surface area contributed by atoms with Gasteiger partial charge in [0.15, 0.2) is 0 Å². The highest BCUT2D eigenvalue weighted by Gasteiger charge is 2.35. The van der Waals surface area contributed by atoms with E-state index in [0.29, 0.717) is 56.6 Å². The van der Waals surface area contributed by atoms with E-state index in [1.165, 1.54) is 96.3 Å². The normalized spacial score (nSPS) is 24.3. The number of nitrogens with zero attached hydrogens (tertiary/aromatic N) is 4. The molecule has 274 valence electrons. The maximum absolute atomic E-state index is 13.5. The summed E-state index contributed by atoms with van der Waals surface area (Å²) in [5, 5.41) is 6.65. The van der Waals surface area contributed by atoms with Crippen LogP contribution in [0.4, 0.5) is 17.6 Å². The van der Waals surface area contributed by atoms with Crippen molar-refractivity contribution in [3.63, 3.8) is 0 Å². The molecular formula is C37H68N7O3P. The zero-order valence-corrected chi connectivity index (χ0v) is 31.9. The van der Waals surface area contributed by atoms with Gasteiger partial charge in [-0.3, -0.25) is 14.3 Å². The molecule has 3 fully saturated rings. The van der Waals surface area contributed by atoms with E-state index >= 15 is 0 Å². The van der Waals surface area contributed by atoms with Crippen molar-refractivity contribution < 1.29 is 13.9 Å². The quantitative estimate of drug-likeness (QED) is 0.112. The molecule has 1 unspecified atom stereocenters. The van der Waals surface area contributed by atoms with Gasteiger partial charge in [-0.2, -0.15) is 9.97 Å². The Balaban J connectivity index is 1.23. The number of nitrogen functional groups attached to an aromatic ring is 1. The molecule has 0 radical (unpaired) electrons. The van der Waals surface area contributed by atoms with Crippen molar-refractivity contribution >= 4 is 30.9 Å². The van der Waals surface area contributed by atoms with E-state index in [0.717, 1.165) is 24.2 Å². The molecule has 1 aromatic rings. The van der Waals surface area contributed by atoms with E-state index in [9.17, 15) is 9.36 Å². The first-order chi connectivity index (χ1) is 22.9. The number of piperazine rings is 1. The Morgan fingerprint density at radius 1 is 0.958 bits per heavy atom. The molecule has 1 amide bonds. The monoisotopic (exact) mass is 690 g/mol. The Hall–Kier alpha value is -1.90. The highest BCUT2D eigenvalue weighted by molar-refractivity contribution is 7.58. The number of anilines is 3. The number of amides is 1. The molecule has 1 saturated heterocycles. The summed E-state index contributed by atoms with van der Waals surface area (Å²) in [6.07, 6.45) is 21.5. The smallest absolute Gasteiger partial charge is 0.239 e. The van der Waals surface area contributed by atoms with E-state index in [-0.39, 0.29) is 11.4 Å². The number of nitrogens with one attached hydrogen (secondary N) is 2. The van der Waals surface area contributed by atoms with Crippen molar-refractivity contribution in [3.05, 3.63) is 6.07 Å². The minimum absolute atomic E-state index is 0.0415. The van der Waals surface area contributed by atoms with Crippen LogP contribution in [0.5, 0.6) is 0 Å². The van der Waals surface area contributed by atoms with E-state index in [2.05, 4.69) is 25.4 Å². The lowest BCUT2D eigenvalue weighted by Gasteiger charge is -2.42. The SMILES string of the molecule is CCOP(C)(=O)CCN1CCN(c2cc(N)nc(NCC3CCC(CCCCCCC4CCCCC4)CC3)n2)C[C@H]1C(=O)NC(C)(C)C. The minimum atomic E-state index is -2.71. The third-order valence-corrected chi connectivity index (χ3v) is 12.6. The summed E-state index contributed by atoms with van der Waals surface area (Å²) in [5.74, 6) is 4.22. The predicted octanol–water partition coefficient (Wildman–Crippen LogP) is 7.55. The molecule has 48 heavy (non-hydrogen) atoms. The molecule has 10 nitrogen and oxygen atoms in total.